The fraction of sp³-hybridized carbons (Fsp3) is 0.273. The number of benzene rings is 3. The molecule has 7 nitrogen and oxygen atoms in total. The molecule has 0 aliphatic heterocycles. The molecule has 0 unspecified atom stereocenters. The van der Waals surface area contributed by atoms with E-state index in [1.807, 2.05) is 64.1 Å². The second kappa shape index (κ2) is 15.5. The third kappa shape index (κ3) is 9.04. The van der Waals surface area contributed by atoms with Gasteiger partial charge < -0.3 is 20.1 Å². The Kier molecular flexibility index (Phi) is 11.6. The Morgan fingerprint density at radius 1 is 1.09 bits per heavy atom. The Bertz CT molecular complexity index is 1570. The first kappa shape index (κ1) is 32.0. The molecule has 43 heavy (non-hydrogen) atoms. The zero-order chi connectivity index (χ0) is 30.8. The molecule has 3 aromatic carbocycles. The van der Waals surface area contributed by atoms with Crippen LogP contribution in [0.2, 0.25) is 10.0 Å². The quantitative estimate of drug-likeness (QED) is 0.162. The number of carbonyl (C=O) groups excluding carboxylic acids is 1. The van der Waals surface area contributed by atoms with Gasteiger partial charge in [0.1, 0.15) is 0 Å². The van der Waals surface area contributed by atoms with E-state index in [9.17, 15) is 4.79 Å². The van der Waals surface area contributed by atoms with Crippen molar-refractivity contribution in [1.29, 1.82) is 5.26 Å². The van der Waals surface area contributed by atoms with Gasteiger partial charge in [0.2, 0.25) is 5.91 Å². The molecule has 0 aliphatic carbocycles. The number of aromatic nitrogens is 2. The number of imidazole rings is 1. The highest BCUT2D eigenvalue weighted by Gasteiger charge is 2.25. The normalized spacial score (nSPS) is 12.2. The lowest BCUT2D eigenvalue weighted by Crippen LogP contribution is -2.50. The first-order valence-corrected chi connectivity index (χ1v) is 15.2. The van der Waals surface area contributed by atoms with E-state index in [1.165, 1.54) is 0 Å². The summed E-state index contributed by atoms with van der Waals surface area (Å²) < 4.78 is 1.95. The fourth-order valence-corrected chi connectivity index (χ4v) is 5.29. The topological polar surface area (TPSA) is 86.0 Å². The van der Waals surface area contributed by atoms with Crippen LogP contribution in [0.3, 0.4) is 0 Å². The van der Waals surface area contributed by atoms with Gasteiger partial charge in [-0.3, -0.25) is 4.79 Å². The second-order valence-electron chi connectivity index (χ2n) is 10.4. The summed E-state index contributed by atoms with van der Waals surface area (Å²) in [6.45, 7) is 5.66. The average Bonchev–Trinajstić information content (AvgIpc) is 3.44. The van der Waals surface area contributed by atoms with E-state index >= 15 is 0 Å². The van der Waals surface area contributed by atoms with E-state index < -0.39 is 0 Å². The number of hydrogen-bond acceptors (Lipinski definition) is 4. The summed E-state index contributed by atoms with van der Waals surface area (Å²) in [5.41, 5.74) is 4.14. The van der Waals surface area contributed by atoms with Crippen LogP contribution in [0.4, 0.5) is 5.69 Å². The highest BCUT2D eigenvalue weighted by atomic mass is 35.5. The molecule has 0 spiro atoms. The number of nitrogens with zero attached hydrogens (tertiary/aromatic N) is 4. The summed E-state index contributed by atoms with van der Waals surface area (Å²) in [7, 11) is 0. The number of nitriles is 1. The minimum atomic E-state index is -0.194. The molecule has 0 fully saturated rings. The average molecular weight is 634 g/mol. The molecule has 2 N–H and O–H groups in total. The van der Waals surface area contributed by atoms with E-state index in [2.05, 4.69) is 35.5 Å². The molecule has 1 amide bonds. The van der Waals surface area contributed by atoms with Crippen molar-refractivity contribution >= 4 is 52.1 Å². The van der Waals surface area contributed by atoms with Crippen molar-refractivity contribution in [3.05, 3.63) is 118 Å². The van der Waals surface area contributed by atoms with Crippen molar-refractivity contribution in [3.8, 4) is 6.07 Å². The number of hydrogen-bond donors (Lipinski definition) is 2. The van der Waals surface area contributed by atoms with Crippen molar-refractivity contribution in [2.24, 2.45) is 5.92 Å². The van der Waals surface area contributed by atoms with Gasteiger partial charge in [0.25, 0.3) is 0 Å². The number of para-hydroxylation sites is 1. The van der Waals surface area contributed by atoms with Crippen LogP contribution in [0.5, 0.6) is 0 Å². The summed E-state index contributed by atoms with van der Waals surface area (Å²) in [6, 6.07) is 24.6. The minimum Gasteiger partial charge on any atom is -0.351 e. The van der Waals surface area contributed by atoms with Crippen LogP contribution in [-0.4, -0.2) is 38.1 Å². The highest BCUT2D eigenvalue weighted by molar-refractivity contribution is 7.80. The molecular formula is C33H34Cl2N6OS. The molecule has 10 heteroatoms. The lowest BCUT2D eigenvalue weighted by Gasteiger charge is -2.33. The molecule has 222 valence electrons. The Morgan fingerprint density at radius 2 is 1.84 bits per heavy atom. The summed E-state index contributed by atoms with van der Waals surface area (Å²) in [5, 5.41) is 17.1. The summed E-state index contributed by atoms with van der Waals surface area (Å²) in [5.74, 6) is 0.0684. The molecule has 1 aromatic heterocycles. The van der Waals surface area contributed by atoms with E-state index in [-0.39, 0.29) is 24.3 Å². The SMILES string of the molecule is CC[C@H](C)[C@@H](CN(Cc1cccc(Cl)c1Cl)C(=S)Nc1ccccc1)NC(=O)Cc1cncn1Cc1ccc(C#N)cc1. The number of amides is 1. The van der Waals surface area contributed by atoms with Gasteiger partial charge in [-0.1, -0.05) is 85.9 Å². The monoisotopic (exact) mass is 632 g/mol. The van der Waals surface area contributed by atoms with E-state index in [0.717, 1.165) is 28.9 Å². The number of halogens is 2. The molecule has 0 saturated carbocycles. The third-order valence-electron chi connectivity index (χ3n) is 7.38. The number of nitrogens with one attached hydrogen (secondary N) is 2. The molecule has 4 aromatic rings. The summed E-state index contributed by atoms with van der Waals surface area (Å²) in [4.78, 5) is 19.7. The van der Waals surface area contributed by atoms with Crippen molar-refractivity contribution < 1.29 is 4.79 Å². The molecule has 0 aliphatic rings. The zero-order valence-corrected chi connectivity index (χ0v) is 26.5. The van der Waals surface area contributed by atoms with Crippen molar-refractivity contribution in [1.82, 2.24) is 19.8 Å². The van der Waals surface area contributed by atoms with E-state index in [4.69, 9.17) is 40.7 Å². The van der Waals surface area contributed by atoms with Crippen molar-refractivity contribution in [2.45, 2.75) is 45.8 Å². The van der Waals surface area contributed by atoms with Crippen LogP contribution >= 0.6 is 35.4 Å². The predicted octanol–water partition coefficient (Wildman–Crippen LogP) is 7.08. The molecular weight excluding hydrogens is 599 g/mol. The number of carbonyl (C=O) groups is 1. The first-order chi connectivity index (χ1) is 20.8. The van der Waals surface area contributed by atoms with Crippen molar-refractivity contribution in [2.75, 3.05) is 11.9 Å². The molecule has 1 heterocycles. The maximum Gasteiger partial charge on any atom is 0.226 e. The van der Waals surface area contributed by atoms with Gasteiger partial charge >= 0.3 is 0 Å². The first-order valence-electron chi connectivity index (χ1n) is 14.1. The lowest BCUT2D eigenvalue weighted by atomic mass is 9.98. The number of rotatable bonds is 12. The van der Waals surface area contributed by atoms with Gasteiger partial charge in [-0.15, -0.1) is 0 Å². The third-order valence-corrected chi connectivity index (χ3v) is 8.59. The van der Waals surface area contributed by atoms with Gasteiger partial charge in [-0.2, -0.15) is 5.26 Å². The van der Waals surface area contributed by atoms with Gasteiger partial charge in [-0.05, 0) is 59.6 Å². The number of thiocarbonyl (C=S) groups is 1. The van der Waals surface area contributed by atoms with Crippen molar-refractivity contribution in [3.63, 3.8) is 0 Å². The van der Waals surface area contributed by atoms with Crippen LogP contribution in [0.25, 0.3) is 0 Å². The standard InChI is InChI=1S/C33H34Cl2N6OS/c1-3-23(2)30(39-31(42)16-28-18-37-22-41(28)19-25-14-12-24(17-36)13-15-25)21-40(20-26-8-7-11-29(34)32(26)35)33(43)38-27-9-5-4-6-10-27/h4-15,18,22-23,30H,3,16,19-21H2,1-2H3,(H,38,43)(H,39,42)/t23-,30+/m0/s1. The van der Waals surface area contributed by atoms with Gasteiger partial charge in [-0.25, -0.2) is 4.98 Å². The Morgan fingerprint density at radius 3 is 2.53 bits per heavy atom. The molecule has 2 atom stereocenters. The van der Waals surface area contributed by atoms with Gasteiger partial charge in [0.15, 0.2) is 5.11 Å². The van der Waals surface area contributed by atoms with Crippen LogP contribution < -0.4 is 10.6 Å². The molecule has 0 saturated heterocycles. The second-order valence-corrected chi connectivity index (χ2v) is 11.6. The van der Waals surface area contributed by atoms with Crippen LogP contribution in [-0.2, 0) is 24.3 Å². The van der Waals surface area contributed by atoms with Crippen LogP contribution in [0.15, 0.2) is 85.3 Å². The van der Waals surface area contributed by atoms with Gasteiger partial charge in [0.05, 0.1) is 34.4 Å². The molecule has 0 radical (unpaired) electrons. The maximum absolute atomic E-state index is 13.4. The summed E-state index contributed by atoms with van der Waals surface area (Å²) >= 11 is 18.8. The van der Waals surface area contributed by atoms with Crippen LogP contribution in [0.1, 0.15) is 42.7 Å². The Labute approximate surface area is 268 Å². The van der Waals surface area contributed by atoms with Crippen LogP contribution in [0, 0.1) is 17.2 Å². The zero-order valence-electron chi connectivity index (χ0n) is 24.1. The van der Waals surface area contributed by atoms with E-state index in [0.29, 0.717) is 40.4 Å². The van der Waals surface area contributed by atoms with E-state index in [1.54, 1.807) is 30.7 Å². The Hall–Kier alpha value is -3.90. The highest BCUT2D eigenvalue weighted by Crippen LogP contribution is 2.27. The predicted molar refractivity (Wildman–Crippen MR) is 177 cm³/mol. The minimum absolute atomic E-state index is 0.102. The smallest absolute Gasteiger partial charge is 0.226 e. The molecule has 0 bridgehead atoms. The maximum atomic E-state index is 13.4. The molecule has 4 rings (SSSR count). The van der Waals surface area contributed by atoms with Gasteiger partial charge in [0, 0.05) is 43.3 Å². The number of anilines is 1. The fourth-order valence-electron chi connectivity index (χ4n) is 4.65. The largest absolute Gasteiger partial charge is 0.351 e. The lowest BCUT2D eigenvalue weighted by molar-refractivity contribution is -0.121. The Balaban J connectivity index is 1.50. The summed E-state index contributed by atoms with van der Waals surface area (Å²) in [6.07, 6.45) is 4.48.